The molecule has 0 N–H and O–H groups in total. The molecule has 0 aromatic heterocycles. The summed E-state index contributed by atoms with van der Waals surface area (Å²) in [6.07, 6.45) is 0. The van der Waals surface area contributed by atoms with Crippen LogP contribution >= 0.6 is 0 Å². The lowest BCUT2D eigenvalue weighted by molar-refractivity contribution is -0.121. The minimum absolute atomic E-state index is 0.0966. The summed E-state index contributed by atoms with van der Waals surface area (Å²) in [5, 5.41) is 0. The summed E-state index contributed by atoms with van der Waals surface area (Å²) in [4.78, 5) is 12.9. The van der Waals surface area contributed by atoms with Crippen LogP contribution in [0, 0.1) is 0 Å². The molecule has 1 aliphatic heterocycles. The Morgan fingerprint density at radius 1 is 1.31 bits per heavy atom. The summed E-state index contributed by atoms with van der Waals surface area (Å²) in [7, 11) is -2.83. The molecule has 1 heterocycles. The van der Waals surface area contributed by atoms with Gasteiger partial charge in [-0.2, -0.15) is 0 Å². The molecule has 0 aromatic carbocycles. The molecule has 0 radical (unpaired) electrons. The highest BCUT2D eigenvalue weighted by atomic mass is 32.2. The number of hydrogen-bond donors (Lipinski definition) is 0. The zero-order chi connectivity index (χ0) is 10.1. The Bertz CT molecular complexity index is 283. The number of Topliss-reactive ketones (excluding diaryl/α,β-unsaturated/α-hetero) is 1. The molecule has 0 amide bonds. The maximum absolute atomic E-state index is 11.1. The number of carbonyl (C=O) groups is 1. The van der Waals surface area contributed by atoms with Gasteiger partial charge in [-0.3, -0.25) is 9.69 Å². The lowest BCUT2D eigenvalue weighted by Crippen LogP contribution is -2.47. The van der Waals surface area contributed by atoms with E-state index in [-0.39, 0.29) is 23.3 Å². The van der Waals surface area contributed by atoms with E-state index in [0.29, 0.717) is 13.1 Å². The van der Waals surface area contributed by atoms with Crippen LogP contribution in [-0.2, 0) is 14.6 Å². The molecular weight excluding hydrogens is 190 g/mol. The van der Waals surface area contributed by atoms with Gasteiger partial charge < -0.3 is 0 Å². The third kappa shape index (κ3) is 2.77. The average Bonchev–Trinajstić information content (AvgIpc) is 2.03. The van der Waals surface area contributed by atoms with E-state index in [2.05, 4.69) is 0 Å². The Morgan fingerprint density at radius 2 is 1.77 bits per heavy atom. The first kappa shape index (κ1) is 10.7. The monoisotopic (exact) mass is 205 g/mol. The zero-order valence-corrected chi connectivity index (χ0v) is 8.80. The molecule has 1 fully saturated rings. The summed E-state index contributed by atoms with van der Waals surface area (Å²) in [5.41, 5.74) is 0. The van der Waals surface area contributed by atoms with E-state index in [1.807, 2.05) is 11.8 Å². The minimum atomic E-state index is -2.83. The Balaban J connectivity index is 2.55. The Kier molecular flexibility index (Phi) is 3.08. The van der Waals surface area contributed by atoms with Gasteiger partial charge in [-0.05, 0) is 13.8 Å². The van der Waals surface area contributed by atoms with Gasteiger partial charge in [-0.25, -0.2) is 8.42 Å². The third-order valence-electron chi connectivity index (χ3n) is 2.52. The summed E-state index contributed by atoms with van der Waals surface area (Å²) >= 11 is 0. The first-order valence-corrected chi connectivity index (χ1v) is 6.19. The molecule has 0 bridgehead atoms. The molecule has 13 heavy (non-hydrogen) atoms. The van der Waals surface area contributed by atoms with Crippen LogP contribution < -0.4 is 0 Å². The van der Waals surface area contributed by atoms with Crippen LogP contribution in [0.2, 0.25) is 0 Å². The number of ketones is 1. The second-order valence-corrected chi connectivity index (χ2v) is 5.78. The van der Waals surface area contributed by atoms with Gasteiger partial charge in [0.15, 0.2) is 9.84 Å². The standard InChI is InChI=1S/C8H15NO3S/c1-7(8(2)10)9-3-5-13(11,12)6-4-9/h7H,3-6H2,1-2H3. The van der Waals surface area contributed by atoms with Crippen molar-refractivity contribution in [1.29, 1.82) is 0 Å². The van der Waals surface area contributed by atoms with E-state index in [4.69, 9.17) is 0 Å². The third-order valence-corrected chi connectivity index (χ3v) is 4.12. The van der Waals surface area contributed by atoms with E-state index in [1.165, 1.54) is 6.92 Å². The molecular formula is C8H15NO3S. The molecule has 0 saturated carbocycles. The fraction of sp³-hybridized carbons (Fsp3) is 0.875. The van der Waals surface area contributed by atoms with Crippen molar-refractivity contribution in [3.05, 3.63) is 0 Å². The molecule has 76 valence electrons. The van der Waals surface area contributed by atoms with Crippen molar-refractivity contribution in [3.8, 4) is 0 Å². The van der Waals surface area contributed by atoms with Crippen molar-refractivity contribution in [3.63, 3.8) is 0 Å². The summed E-state index contributed by atoms with van der Waals surface area (Å²) in [5.74, 6) is 0.467. The Morgan fingerprint density at radius 3 is 2.15 bits per heavy atom. The second kappa shape index (κ2) is 3.75. The van der Waals surface area contributed by atoms with Gasteiger partial charge in [0.05, 0.1) is 17.5 Å². The number of hydrogen-bond acceptors (Lipinski definition) is 4. The molecule has 5 heteroatoms. The first-order valence-electron chi connectivity index (χ1n) is 4.37. The average molecular weight is 205 g/mol. The van der Waals surface area contributed by atoms with E-state index in [9.17, 15) is 13.2 Å². The molecule has 0 spiro atoms. The Labute approximate surface area is 78.8 Å². The predicted octanol–water partition coefficient (Wildman–Crippen LogP) is -0.306. The molecule has 1 saturated heterocycles. The van der Waals surface area contributed by atoms with Crippen LogP contribution in [0.5, 0.6) is 0 Å². The van der Waals surface area contributed by atoms with Crippen LogP contribution in [0.25, 0.3) is 0 Å². The Hall–Kier alpha value is -0.420. The molecule has 1 aliphatic rings. The molecule has 4 nitrogen and oxygen atoms in total. The topological polar surface area (TPSA) is 54.5 Å². The van der Waals surface area contributed by atoms with Crippen molar-refractivity contribution >= 4 is 15.6 Å². The fourth-order valence-corrected chi connectivity index (χ4v) is 2.60. The molecule has 1 unspecified atom stereocenters. The van der Waals surface area contributed by atoms with Gasteiger partial charge in [0.1, 0.15) is 5.78 Å². The molecule has 0 aromatic rings. The normalized spacial score (nSPS) is 25.4. The SMILES string of the molecule is CC(=O)C(C)N1CCS(=O)(=O)CC1. The van der Waals surface area contributed by atoms with Crippen LogP contribution in [0.3, 0.4) is 0 Å². The minimum Gasteiger partial charge on any atom is -0.298 e. The van der Waals surface area contributed by atoms with Crippen molar-refractivity contribution in [2.75, 3.05) is 24.6 Å². The number of sulfone groups is 1. The zero-order valence-electron chi connectivity index (χ0n) is 7.99. The van der Waals surface area contributed by atoms with E-state index in [1.54, 1.807) is 0 Å². The highest BCUT2D eigenvalue weighted by Crippen LogP contribution is 2.08. The maximum atomic E-state index is 11.1. The highest BCUT2D eigenvalue weighted by molar-refractivity contribution is 7.91. The highest BCUT2D eigenvalue weighted by Gasteiger charge is 2.26. The summed E-state index contributed by atoms with van der Waals surface area (Å²) in [6, 6.07) is -0.143. The van der Waals surface area contributed by atoms with Gasteiger partial charge in [-0.15, -0.1) is 0 Å². The molecule has 1 rings (SSSR count). The number of rotatable bonds is 2. The second-order valence-electron chi connectivity index (χ2n) is 3.47. The lowest BCUT2D eigenvalue weighted by atomic mass is 10.2. The van der Waals surface area contributed by atoms with Crippen molar-refractivity contribution < 1.29 is 13.2 Å². The molecule has 0 aliphatic carbocycles. The van der Waals surface area contributed by atoms with E-state index >= 15 is 0 Å². The predicted molar refractivity (Wildman–Crippen MR) is 50.4 cm³/mol. The summed E-state index contributed by atoms with van der Waals surface area (Å²) < 4.78 is 22.2. The van der Waals surface area contributed by atoms with Crippen molar-refractivity contribution in [2.45, 2.75) is 19.9 Å². The quantitative estimate of drug-likeness (QED) is 0.621. The smallest absolute Gasteiger partial charge is 0.152 e. The van der Waals surface area contributed by atoms with Gasteiger partial charge >= 0.3 is 0 Å². The number of nitrogens with zero attached hydrogens (tertiary/aromatic N) is 1. The first-order chi connectivity index (χ1) is 5.92. The van der Waals surface area contributed by atoms with Crippen LogP contribution in [0.4, 0.5) is 0 Å². The van der Waals surface area contributed by atoms with Gasteiger partial charge in [0, 0.05) is 13.1 Å². The summed E-state index contributed by atoms with van der Waals surface area (Å²) in [6.45, 7) is 4.33. The lowest BCUT2D eigenvalue weighted by Gasteiger charge is -2.30. The van der Waals surface area contributed by atoms with Gasteiger partial charge in [-0.1, -0.05) is 0 Å². The van der Waals surface area contributed by atoms with Gasteiger partial charge in [0.25, 0.3) is 0 Å². The van der Waals surface area contributed by atoms with Crippen LogP contribution in [-0.4, -0.2) is 49.7 Å². The van der Waals surface area contributed by atoms with E-state index in [0.717, 1.165) is 0 Å². The fourth-order valence-electron chi connectivity index (χ4n) is 1.37. The van der Waals surface area contributed by atoms with Crippen LogP contribution in [0.15, 0.2) is 0 Å². The van der Waals surface area contributed by atoms with Crippen LogP contribution in [0.1, 0.15) is 13.8 Å². The number of carbonyl (C=O) groups excluding carboxylic acids is 1. The molecule has 1 atom stereocenters. The van der Waals surface area contributed by atoms with Crippen molar-refractivity contribution in [2.24, 2.45) is 0 Å². The largest absolute Gasteiger partial charge is 0.298 e. The van der Waals surface area contributed by atoms with Gasteiger partial charge in [0.2, 0.25) is 0 Å². The van der Waals surface area contributed by atoms with E-state index < -0.39 is 9.84 Å². The van der Waals surface area contributed by atoms with Crippen molar-refractivity contribution in [1.82, 2.24) is 4.90 Å². The maximum Gasteiger partial charge on any atom is 0.152 e.